The number of nitrogens with zero attached hydrogens (tertiary/aromatic N) is 1. The van der Waals surface area contributed by atoms with Crippen molar-refractivity contribution in [1.82, 2.24) is 4.90 Å². The van der Waals surface area contributed by atoms with E-state index < -0.39 is 0 Å². The molecule has 0 aromatic heterocycles. The Labute approximate surface area is 325 Å². The molecule has 310 valence electrons. The second kappa shape index (κ2) is 41.0. The summed E-state index contributed by atoms with van der Waals surface area (Å²) >= 11 is 0. The quantitative estimate of drug-likeness (QED) is 0.0496. The summed E-state index contributed by atoms with van der Waals surface area (Å²) in [4.78, 5) is 27.6. The molecule has 0 bridgehead atoms. The Kier molecular flexibility index (Phi) is 40.1. The molecule has 0 heterocycles. The number of carbonyl (C=O) groups excluding carboxylic acids is 2. The number of ether oxygens (including phenoxy) is 2. The zero-order valence-electron chi connectivity index (χ0n) is 35.7. The van der Waals surface area contributed by atoms with Gasteiger partial charge in [-0.15, -0.1) is 0 Å². The fourth-order valence-electron chi connectivity index (χ4n) is 7.34. The van der Waals surface area contributed by atoms with Gasteiger partial charge in [0, 0.05) is 25.9 Å². The number of unbranched alkanes of at least 4 members (excludes halogenated alkanes) is 23. The van der Waals surface area contributed by atoms with E-state index >= 15 is 0 Å². The van der Waals surface area contributed by atoms with Crippen LogP contribution < -0.4 is 5.73 Å². The topological polar surface area (TPSA) is 81.9 Å². The highest BCUT2D eigenvalue weighted by atomic mass is 16.5. The number of rotatable bonds is 42. The van der Waals surface area contributed by atoms with Gasteiger partial charge in [0.1, 0.15) is 12.2 Å². The molecule has 0 aliphatic rings. The molecule has 0 aromatic rings. The Balaban J connectivity index is 4.04. The van der Waals surface area contributed by atoms with Crippen molar-refractivity contribution in [1.29, 1.82) is 0 Å². The van der Waals surface area contributed by atoms with Crippen molar-refractivity contribution in [2.75, 3.05) is 26.2 Å². The standard InChI is InChI=1S/C46H92N2O4/c1-5-9-12-15-20-27-34-43(8-4)51-45(49)37-30-23-18-25-32-40-48(42-39-47)41-33-26-19-24-31-38-46(50)52-44(35-28-21-16-13-10-6-2)36-29-22-17-14-11-7-3/h43-44H,5-42,47H2,1-4H3. The maximum absolute atomic E-state index is 12.7. The molecule has 0 aromatic carbocycles. The van der Waals surface area contributed by atoms with Crippen molar-refractivity contribution in [3.63, 3.8) is 0 Å². The molecule has 1 atom stereocenters. The molecule has 6 nitrogen and oxygen atoms in total. The maximum Gasteiger partial charge on any atom is 0.306 e. The van der Waals surface area contributed by atoms with Gasteiger partial charge in [-0.25, -0.2) is 0 Å². The first kappa shape index (κ1) is 50.9. The highest BCUT2D eigenvalue weighted by Crippen LogP contribution is 2.19. The van der Waals surface area contributed by atoms with Crippen molar-refractivity contribution in [2.24, 2.45) is 5.73 Å². The molecule has 0 rings (SSSR count). The van der Waals surface area contributed by atoms with Crippen LogP contribution in [0.5, 0.6) is 0 Å². The second-order valence-electron chi connectivity index (χ2n) is 16.0. The van der Waals surface area contributed by atoms with Crippen molar-refractivity contribution < 1.29 is 19.1 Å². The summed E-state index contributed by atoms with van der Waals surface area (Å²) in [5, 5.41) is 0. The van der Waals surface area contributed by atoms with Gasteiger partial charge in [-0.3, -0.25) is 9.59 Å². The lowest BCUT2D eigenvalue weighted by Crippen LogP contribution is -2.31. The number of nitrogens with two attached hydrogens (primary N) is 1. The van der Waals surface area contributed by atoms with E-state index in [4.69, 9.17) is 15.2 Å². The zero-order valence-corrected chi connectivity index (χ0v) is 35.7. The fourth-order valence-corrected chi connectivity index (χ4v) is 7.34. The van der Waals surface area contributed by atoms with E-state index in [0.29, 0.717) is 19.4 Å². The average Bonchev–Trinajstić information content (AvgIpc) is 3.14. The minimum absolute atomic E-state index is 0.00173. The van der Waals surface area contributed by atoms with E-state index in [-0.39, 0.29) is 24.1 Å². The Hall–Kier alpha value is -1.14. The Morgan fingerprint density at radius 3 is 1.13 bits per heavy atom. The second-order valence-corrected chi connectivity index (χ2v) is 16.0. The van der Waals surface area contributed by atoms with Crippen LogP contribution >= 0.6 is 0 Å². The third-order valence-electron chi connectivity index (χ3n) is 10.8. The van der Waals surface area contributed by atoms with E-state index in [1.54, 1.807) is 0 Å². The van der Waals surface area contributed by atoms with Crippen LogP contribution in [0.25, 0.3) is 0 Å². The first-order valence-electron chi connectivity index (χ1n) is 23.3. The molecule has 0 radical (unpaired) electrons. The lowest BCUT2D eigenvalue weighted by Gasteiger charge is -2.21. The van der Waals surface area contributed by atoms with Crippen LogP contribution in [0.1, 0.15) is 246 Å². The molecule has 0 saturated heterocycles. The highest BCUT2D eigenvalue weighted by Gasteiger charge is 2.15. The minimum Gasteiger partial charge on any atom is -0.462 e. The number of hydrogen-bond donors (Lipinski definition) is 1. The van der Waals surface area contributed by atoms with E-state index in [0.717, 1.165) is 71.0 Å². The molecule has 0 saturated carbocycles. The summed E-state index contributed by atoms with van der Waals surface area (Å²) < 4.78 is 11.8. The molecule has 0 aliphatic heterocycles. The van der Waals surface area contributed by atoms with Gasteiger partial charge in [0.25, 0.3) is 0 Å². The molecule has 2 N–H and O–H groups in total. The average molecular weight is 737 g/mol. The van der Waals surface area contributed by atoms with Crippen molar-refractivity contribution in [3.05, 3.63) is 0 Å². The van der Waals surface area contributed by atoms with Gasteiger partial charge in [-0.1, -0.05) is 163 Å². The Morgan fingerprint density at radius 2 is 0.750 bits per heavy atom. The molecule has 0 fully saturated rings. The van der Waals surface area contributed by atoms with E-state index in [1.807, 2.05) is 0 Å². The third kappa shape index (κ3) is 35.9. The molecule has 52 heavy (non-hydrogen) atoms. The van der Waals surface area contributed by atoms with Crippen molar-refractivity contribution >= 4 is 11.9 Å². The van der Waals surface area contributed by atoms with Gasteiger partial charge in [0.05, 0.1) is 0 Å². The highest BCUT2D eigenvalue weighted by molar-refractivity contribution is 5.69. The fraction of sp³-hybridized carbons (Fsp3) is 0.957. The van der Waals surface area contributed by atoms with Gasteiger partial charge in [0.15, 0.2) is 0 Å². The third-order valence-corrected chi connectivity index (χ3v) is 10.8. The van der Waals surface area contributed by atoms with E-state index in [9.17, 15) is 9.59 Å². The number of carbonyl (C=O) groups is 2. The summed E-state index contributed by atoms with van der Waals surface area (Å²) in [7, 11) is 0. The normalized spacial score (nSPS) is 12.2. The van der Waals surface area contributed by atoms with Gasteiger partial charge >= 0.3 is 11.9 Å². The molecule has 1 unspecified atom stereocenters. The monoisotopic (exact) mass is 737 g/mol. The number of esters is 2. The SMILES string of the molecule is CCCCCCCCC(CC)OC(=O)CCCCCCCN(CCN)CCCCCCCC(=O)OC(CCCCCCCC)CCCCCCCC. The predicted octanol–water partition coefficient (Wildman–Crippen LogP) is 13.4. The molecular weight excluding hydrogens is 645 g/mol. The minimum atomic E-state index is -0.00173. The van der Waals surface area contributed by atoms with Crippen LogP contribution in [0, 0.1) is 0 Å². The summed E-state index contributed by atoms with van der Waals surface area (Å²) in [6, 6.07) is 0. The zero-order chi connectivity index (χ0) is 38.2. The van der Waals surface area contributed by atoms with Gasteiger partial charge in [-0.2, -0.15) is 0 Å². The number of hydrogen-bond acceptors (Lipinski definition) is 6. The van der Waals surface area contributed by atoms with Gasteiger partial charge < -0.3 is 20.1 Å². The molecule has 0 aliphatic carbocycles. The summed E-state index contributed by atoms with van der Waals surface area (Å²) in [6.45, 7) is 12.8. The van der Waals surface area contributed by atoms with Crippen LogP contribution in [-0.2, 0) is 19.1 Å². The van der Waals surface area contributed by atoms with Crippen LogP contribution in [0.2, 0.25) is 0 Å². The maximum atomic E-state index is 12.7. The Bertz CT molecular complexity index is 732. The van der Waals surface area contributed by atoms with Crippen LogP contribution in [0.15, 0.2) is 0 Å². The predicted molar refractivity (Wildman–Crippen MR) is 225 cm³/mol. The van der Waals surface area contributed by atoms with Crippen molar-refractivity contribution in [2.45, 2.75) is 258 Å². The van der Waals surface area contributed by atoms with Crippen LogP contribution in [-0.4, -0.2) is 55.2 Å². The van der Waals surface area contributed by atoms with E-state index in [2.05, 4.69) is 32.6 Å². The van der Waals surface area contributed by atoms with E-state index in [1.165, 1.54) is 154 Å². The first-order chi connectivity index (χ1) is 25.5. The van der Waals surface area contributed by atoms with Gasteiger partial charge in [0.2, 0.25) is 0 Å². The Morgan fingerprint density at radius 1 is 0.423 bits per heavy atom. The molecule has 0 spiro atoms. The van der Waals surface area contributed by atoms with Crippen LogP contribution in [0.3, 0.4) is 0 Å². The molecule has 6 heteroatoms. The van der Waals surface area contributed by atoms with Crippen LogP contribution in [0.4, 0.5) is 0 Å². The van der Waals surface area contributed by atoms with Crippen molar-refractivity contribution in [3.8, 4) is 0 Å². The summed E-state index contributed by atoms with van der Waals surface area (Å²) in [5.41, 5.74) is 5.93. The molecular formula is C46H92N2O4. The first-order valence-corrected chi connectivity index (χ1v) is 23.3. The largest absolute Gasteiger partial charge is 0.462 e. The lowest BCUT2D eigenvalue weighted by atomic mass is 10.0. The van der Waals surface area contributed by atoms with Gasteiger partial charge in [-0.05, 0) is 83.7 Å². The smallest absolute Gasteiger partial charge is 0.306 e. The lowest BCUT2D eigenvalue weighted by molar-refractivity contribution is -0.150. The summed E-state index contributed by atoms with van der Waals surface area (Å²) in [5.74, 6) is 0.0260. The summed E-state index contributed by atoms with van der Waals surface area (Å²) in [6.07, 6.45) is 39.8. The molecule has 0 amide bonds.